The minimum atomic E-state index is -4.80. The van der Waals surface area contributed by atoms with Crippen LogP contribution in [0.15, 0.2) is 67.3 Å². The number of carbonyl (C=O) groups excluding carboxylic acids is 7. The fourth-order valence-electron chi connectivity index (χ4n) is 8.37. The van der Waals surface area contributed by atoms with E-state index < -0.39 is 47.5 Å². The third kappa shape index (κ3) is 11.8. The number of hydrogen-bond donors (Lipinski definition) is 4. The summed E-state index contributed by atoms with van der Waals surface area (Å²) in [5, 5.41) is 8.42. The number of Topliss-reactive ketones (excluding diaryl/α,β-unsaturated/α-hetero) is 2. The van der Waals surface area contributed by atoms with Crippen LogP contribution in [0, 0.1) is 11.8 Å². The summed E-state index contributed by atoms with van der Waals surface area (Å²) in [5.41, 5.74) is 8.50. The maximum atomic E-state index is 13.4. The first-order valence-corrected chi connectivity index (χ1v) is 21.8. The molecule has 2 saturated heterocycles. The summed E-state index contributed by atoms with van der Waals surface area (Å²) < 4.78 is 49.1. The number of likely N-dealkylation sites (tertiary alicyclic amines) is 1. The van der Waals surface area contributed by atoms with E-state index in [0.29, 0.717) is 80.9 Å². The van der Waals surface area contributed by atoms with Gasteiger partial charge in [-0.25, -0.2) is 9.97 Å². The zero-order chi connectivity index (χ0) is 47.0. The molecule has 0 radical (unpaired) electrons. The number of unbranched alkanes of at least 4 members (excludes halogenated alkanes) is 2. The van der Waals surface area contributed by atoms with E-state index in [-0.39, 0.29) is 65.5 Å². The van der Waals surface area contributed by atoms with Gasteiger partial charge in [-0.1, -0.05) is 24.3 Å². The number of fused-ring (bicyclic) bond motifs is 1. The van der Waals surface area contributed by atoms with Crippen LogP contribution in [0.3, 0.4) is 0 Å². The van der Waals surface area contributed by atoms with E-state index in [2.05, 4.69) is 30.7 Å². The molecule has 2 fully saturated rings. The number of nitrogens with zero attached hydrogens (tertiary/aromatic N) is 4. The molecule has 2 aliphatic heterocycles. The van der Waals surface area contributed by atoms with Gasteiger partial charge >= 0.3 is 6.36 Å². The number of pyridine rings is 1. The average Bonchev–Trinajstić information content (AvgIpc) is 3.85. The molecule has 5 N–H and O–H groups in total. The maximum Gasteiger partial charge on any atom is 0.573 e. The van der Waals surface area contributed by atoms with E-state index >= 15 is 0 Å². The summed E-state index contributed by atoms with van der Waals surface area (Å²) in [5.74, 6) is -5.11. The van der Waals surface area contributed by atoms with Crippen molar-refractivity contribution in [2.24, 2.45) is 17.6 Å². The molecular formula is C46H49F3N8O9. The number of nitrogens with one attached hydrogen (secondary N) is 3. The largest absolute Gasteiger partial charge is 0.573 e. The molecule has 2 aromatic carbocycles. The van der Waals surface area contributed by atoms with E-state index in [1.165, 1.54) is 18.3 Å². The standard InChI is InChI=1S/C46H49F3N8O9/c47-46(48,49)66-30-11-9-27(10-12-30)22-38(60)57-20-15-29(16-21-57)65-45-33(43(50)63)23-28(24-53-45)35-25-56(26-54-35)19-5-8-36(58)52-18-3-1-2-17-51-34-7-4-6-31-39(34)42(62)40(41(31)61)32-13-14-37(59)55-44(32)64/h4,6-7,9-12,23-26,29,32,40,51H,1-3,5,8,13-22H2,(H2,50,63)(H,52,58)(H,55,59,64). The number of ketones is 2. The Balaban J connectivity index is 0.786. The summed E-state index contributed by atoms with van der Waals surface area (Å²) in [6.45, 7) is 2.28. The van der Waals surface area contributed by atoms with Crippen molar-refractivity contribution < 1.29 is 56.2 Å². The number of imide groups is 1. The number of nitrogens with two attached hydrogens (primary N) is 1. The smallest absolute Gasteiger partial charge is 0.474 e. The number of ether oxygens (including phenoxy) is 2. The quantitative estimate of drug-likeness (QED) is 0.0566. The van der Waals surface area contributed by atoms with Crippen molar-refractivity contribution in [1.29, 1.82) is 0 Å². The van der Waals surface area contributed by atoms with Gasteiger partial charge in [0.2, 0.25) is 29.5 Å². The summed E-state index contributed by atoms with van der Waals surface area (Å²) in [7, 11) is 0. The molecule has 17 nitrogen and oxygen atoms in total. The van der Waals surface area contributed by atoms with Crippen molar-refractivity contribution in [3.63, 3.8) is 0 Å². The Morgan fingerprint density at radius 1 is 0.909 bits per heavy atom. The van der Waals surface area contributed by atoms with E-state index in [1.807, 2.05) is 4.57 Å². The number of aryl methyl sites for hydroxylation is 1. The van der Waals surface area contributed by atoms with Gasteiger partial charge in [-0.2, -0.15) is 0 Å². The predicted octanol–water partition coefficient (Wildman–Crippen LogP) is 4.78. The van der Waals surface area contributed by atoms with Crippen molar-refractivity contribution >= 4 is 46.8 Å². The maximum absolute atomic E-state index is 13.4. The number of imidazole rings is 1. The van der Waals surface area contributed by atoms with Gasteiger partial charge in [0.25, 0.3) is 5.91 Å². The molecule has 2 atom stereocenters. The highest BCUT2D eigenvalue weighted by atomic mass is 19.4. The number of benzene rings is 2. The molecule has 4 aromatic rings. The Kier molecular flexibility index (Phi) is 14.8. The number of rotatable bonds is 19. The molecule has 0 spiro atoms. The number of alkyl halides is 3. The van der Waals surface area contributed by atoms with Crippen LogP contribution in [-0.2, 0) is 32.1 Å². The lowest BCUT2D eigenvalue weighted by Gasteiger charge is -2.32. The Labute approximate surface area is 377 Å². The molecule has 0 bridgehead atoms. The summed E-state index contributed by atoms with van der Waals surface area (Å²) in [6.07, 6.45) is 4.07. The Bertz CT molecular complexity index is 2480. The number of hydrogen-bond acceptors (Lipinski definition) is 12. The lowest BCUT2D eigenvalue weighted by atomic mass is 9.82. The van der Waals surface area contributed by atoms with Crippen LogP contribution < -0.4 is 31.2 Å². The molecule has 2 unspecified atom stereocenters. The first-order chi connectivity index (χ1) is 31.6. The monoisotopic (exact) mass is 914 g/mol. The van der Waals surface area contributed by atoms with Crippen molar-refractivity contribution in [1.82, 2.24) is 30.1 Å². The van der Waals surface area contributed by atoms with Gasteiger partial charge in [0, 0.05) is 87.6 Å². The Morgan fingerprint density at radius 3 is 2.39 bits per heavy atom. The van der Waals surface area contributed by atoms with Crippen molar-refractivity contribution in [2.75, 3.05) is 31.5 Å². The zero-order valence-electron chi connectivity index (χ0n) is 35.9. The van der Waals surface area contributed by atoms with Gasteiger partial charge in [0.05, 0.1) is 35.8 Å². The Morgan fingerprint density at radius 2 is 1.67 bits per heavy atom. The second-order valence-electron chi connectivity index (χ2n) is 16.4. The van der Waals surface area contributed by atoms with Gasteiger partial charge < -0.3 is 35.3 Å². The zero-order valence-corrected chi connectivity index (χ0v) is 35.9. The number of halogens is 3. The fourth-order valence-corrected chi connectivity index (χ4v) is 8.37. The third-order valence-electron chi connectivity index (χ3n) is 11.8. The van der Waals surface area contributed by atoms with Gasteiger partial charge in [-0.3, -0.25) is 38.9 Å². The number of amides is 5. The lowest BCUT2D eigenvalue weighted by Crippen LogP contribution is -2.46. The molecule has 7 rings (SSSR count). The van der Waals surface area contributed by atoms with Gasteiger partial charge in [-0.15, -0.1) is 13.2 Å². The van der Waals surface area contributed by atoms with E-state index in [9.17, 15) is 46.7 Å². The molecule has 66 heavy (non-hydrogen) atoms. The van der Waals surface area contributed by atoms with Gasteiger partial charge in [-0.05, 0) is 61.9 Å². The van der Waals surface area contributed by atoms with Crippen molar-refractivity contribution in [3.8, 4) is 22.9 Å². The second-order valence-corrected chi connectivity index (χ2v) is 16.4. The molecule has 5 amide bonds. The summed E-state index contributed by atoms with van der Waals surface area (Å²) >= 11 is 0. The van der Waals surface area contributed by atoms with Crippen LogP contribution in [0.2, 0.25) is 0 Å². The first-order valence-electron chi connectivity index (χ1n) is 21.8. The fraction of sp³-hybridized carbons (Fsp3) is 0.413. The number of piperidine rings is 2. The van der Waals surface area contributed by atoms with E-state index in [4.69, 9.17) is 10.5 Å². The SMILES string of the molecule is NC(=O)c1cc(-c2cn(CCCC(=O)NCCCCCNc3cccc4c3C(=O)C(C3CCC(=O)NC3=O)C4=O)cn2)cnc1OC1CCN(C(=O)Cc2ccc(OC(F)(F)F)cc2)CC1. The number of primary amides is 1. The topological polar surface area (TPSA) is 234 Å². The van der Waals surface area contributed by atoms with Crippen LogP contribution >= 0.6 is 0 Å². The highest BCUT2D eigenvalue weighted by Gasteiger charge is 2.48. The Hall–Kier alpha value is -7.12. The molecular weight excluding hydrogens is 866 g/mol. The molecule has 3 aliphatic rings. The molecule has 0 saturated carbocycles. The van der Waals surface area contributed by atoms with Crippen LogP contribution in [0.25, 0.3) is 11.3 Å². The molecule has 4 heterocycles. The average molecular weight is 915 g/mol. The second kappa shape index (κ2) is 20.8. The summed E-state index contributed by atoms with van der Waals surface area (Å²) in [4.78, 5) is 98.9. The highest BCUT2D eigenvalue weighted by Crippen LogP contribution is 2.38. The number of aromatic nitrogens is 3. The van der Waals surface area contributed by atoms with Crippen LogP contribution in [-0.4, -0.2) is 99.2 Å². The van der Waals surface area contributed by atoms with Crippen LogP contribution in [0.5, 0.6) is 11.6 Å². The number of carbonyl (C=O) groups is 7. The predicted molar refractivity (Wildman–Crippen MR) is 230 cm³/mol. The number of anilines is 1. The van der Waals surface area contributed by atoms with Crippen molar-refractivity contribution in [3.05, 3.63) is 89.5 Å². The minimum absolute atomic E-state index is 0.0111. The summed E-state index contributed by atoms with van der Waals surface area (Å²) in [6, 6.07) is 11.7. The third-order valence-corrected chi connectivity index (χ3v) is 11.8. The van der Waals surface area contributed by atoms with Gasteiger partial charge in [0.15, 0.2) is 11.6 Å². The minimum Gasteiger partial charge on any atom is -0.474 e. The lowest BCUT2D eigenvalue weighted by molar-refractivity contribution is -0.274. The van der Waals surface area contributed by atoms with E-state index in [0.717, 1.165) is 31.4 Å². The first kappa shape index (κ1) is 46.9. The van der Waals surface area contributed by atoms with Gasteiger partial charge in [0.1, 0.15) is 17.4 Å². The van der Waals surface area contributed by atoms with Crippen LogP contribution in [0.1, 0.15) is 94.4 Å². The molecule has 348 valence electrons. The molecule has 20 heteroatoms. The van der Waals surface area contributed by atoms with Crippen LogP contribution in [0.4, 0.5) is 18.9 Å². The molecule has 1 aliphatic carbocycles. The van der Waals surface area contributed by atoms with E-state index in [1.54, 1.807) is 41.7 Å². The highest BCUT2D eigenvalue weighted by molar-refractivity contribution is 6.30. The molecule has 2 aromatic heterocycles. The van der Waals surface area contributed by atoms with Crippen molar-refractivity contribution in [2.45, 2.75) is 83.2 Å². The normalized spacial score (nSPS) is 17.6.